The Labute approximate surface area is 496 Å². The van der Waals surface area contributed by atoms with Gasteiger partial charge in [-0.3, -0.25) is 48.5 Å². The maximum Gasteiger partial charge on any atom is 0.300 e. The second kappa shape index (κ2) is 38.1. The van der Waals surface area contributed by atoms with Gasteiger partial charge in [-0.15, -0.1) is 0 Å². The third kappa shape index (κ3) is 25.4. The van der Waals surface area contributed by atoms with E-state index in [1.807, 2.05) is 0 Å². The van der Waals surface area contributed by atoms with Gasteiger partial charge < -0.3 is 98.9 Å². The first-order valence-electron chi connectivity index (χ1n) is 29.2. The zero-order valence-corrected chi connectivity index (χ0v) is 49.7. The molecule has 4 rings (SSSR count). The van der Waals surface area contributed by atoms with Crippen LogP contribution in [0.25, 0.3) is 0 Å². The summed E-state index contributed by atoms with van der Waals surface area (Å²) in [4.78, 5) is 120. The monoisotopic (exact) mass is 1210 g/mol. The summed E-state index contributed by atoms with van der Waals surface area (Å²) in [5.74, 6) is -8.10. The van der Waals surface area contributed by atoms with Gasteiger partial charge in [0.15, 0.2) is 0 Å². The molecule has 29 heteroatoms. The fraction of sp³-hybridized carbons (Fsp3) is 0.732. The summed E-state index contributed by atoms with van der Waals surface area (Å²) in [5, 5.41) is 119. The number of hydrogen-bond donors (Lipinski definition) is 18. The molecule has 3 aliphatic heterocycles. The number of aliphatic hydroxyl groups excluding tert-OH is 7. The summed E-state index contributed by atoms with van der Waals surface area (Å²) in [6.07, 6.45) is -6.95. The van der Waals surface area contributed by atoms with Gasteiger partial charge in [-0.2, -0.15) is 0 Å². The van der Waals surface area contributed by atoms with Crippen molar-refractivity contribution in [2.75, 3.05) is 32.7 Å². The molecular formula is C56H96N10O19. The number of nitrogens with zero attached hydrogens (tertiary/aromatic N) is 2. The molecule has 0 bridgehead atoms. The molecule has 0 unspecified atom stereocenters. The molecule has 16 atom stereocenters. The number of hydrogen-bond acceptors (Lipinski definition) is 20. The number of carbonyl (C=O) groups is 9. The van der Waals surface area contributed by atoms with Crippen LogP contribution in [-0.2, 0) is 43.2 Å². The maximum atomic E-state index is 14.6. The summed E-state index contributed by atoms with van der Waals surface area (Å²) < 4.78 is 0. The Kier molecular flexibility index (Phi) is 33.6. The van der Waals surface area contributed by atoms with E-state index in [1.165, 1.54) is 30.7 Å². The van der Waals surface area contributed by atoms with Crippen molar-refractivity contribution in [1.29, 1.82) is 0 Å². The van der Waals surface area contributed by atoms with E-state index in [2.05, 4.69) is 52.7 Å². The lowest BCUT2D eigenvalue weighted by Gasteiger charge is -2.35. The fourth-order valence-corrected chi connectivity index (χ4v) is 10.2. The number of amides is 7. The van der Waals surface area contributed by atoms with Gasteiger partial charge in [-0.1, -0.05) is 77.8 Å². The molecule has 29 nitrogen and oxygen atoms in total. The number of carboxylic acids is 2. The lowest BCUT2D eigenvalue weighted by molar-refractivity contribution is -0.148. The van der Waals surface area contributed by atoms with Crippen LogP contribution in [0.4, 0.5) is 0 Å². The van der Waals surface area contributed by atoms with E-state index in [0.29, 0.717) is 24.7 Å². The first-order chi connectivity index (χ1) is 40.0. The number of carbonyl (C=O) groups excluding carboxylic acids is 7. The van der Waals surface area contributed by atoms with Gasteiger partial charge in [0.2, 0.25) is 41.4 Å². The van der Waals surface area contributed by atoms with Crippen molar-refractivity contribution in [3.63, 3.8) is 0 Å². The molecule has 3 fully saturated rings. The number of phenolic OH excluding ortho intramolecular Hbond substituents is 1. The highest BCUT2D eigenvalue weighted by Crippen LogP contribution is 2.27. The summed E-state index contributed by atoms with van der Waals surface area (Å²) in [6.45, 7) is 8.90. The van der Waals surface area contributed by atoms with Crippen LogP contribution in [0, 0.1) is 11.8 Å². The third-order valence-electron chi connectivity index (χ3n) is 14.9. The minimum atomic E-state index is -2.28. The first-order valence-corrected chi connectivity index (χ1v) is 29.2. The van der Waals surface area contributed by atoms with Crippen LogP contribution in [-0.4, -0.2) is 226 Å². The van der Waals surface area contributed by atoms with Gasteiger partial charge in [-0.25, -0.2) is 0 Å². The van der Waals surface area contributed by atoms with Crippen LogP contribution in [0.2, 0.25) is 0 Å². The van der Waals surface area contributed by atoms with Crippen molar-refractivity contribution in [3.8, 4) is 5.75 Å². The molecule has 484 valence electrons. The molecule has 3 aliphatic rings. The van der Waals surface area contributed by atoms with Crippen LogP contribution in [0.3, 0.4) is 0 Å². The summed E-state index contributed by atoms with van der Waals surface area (Å²) in [6, 6.07) is -6.40. The third-order valence-corrected chi connectivity index (χ3v) is 14.9. The normalized spacial score (nSPS) is 26.5. The number of nitrogens with two attached hydrogens (primary N) is 2. The smallest absolute Gasteiger partial charge is 0.300 e. The van der Waals surface area contributed by atoms with Crippen molar-refractivity contribution in [2.45, 2.75) is 217 Å². The lowest BCUT2D eigenvalue weighted by atomic mass is 9.91. The highest BCUT2D eigenvalue weighted by Gasteiger charge is 2.49. The topological polar surface area (TPSA) is 487 Å². The first kappa shape index (κ1) is 74.9. The number of benzene rings is 1. The summed E-state index contributed by atoms with van der Waals surface area (Å²) >= 11 is 0. The number of fused-ring (bicyclic) bond motifs is 2. The van der Waals surface area contributed by atoms with E-state index in [4.69, 9.17) is 31.3 Å². The molecule has 0 aliphatic carbocycles. The molecule has 20 N–H and O–H groups in total. The summed E-state index contributed by atoms with van der Waals surface area (Å²) in [5.41, 5.74) is 11.5. The number of phenols is 1. The molecular weight excluding hydrogens is 1120 g/mol. The van der Waals surface area contributed by atoms with E-state index in [0.717, 1.165) is 69.1 Å². The number of nitrogens with one attached hydrogen (secondary N) is 6. The molecule has 3 saturated heterocycles. The zero-order valence-electron chi connectivity index (χ0n) is 49.7. The molecule has 1 aromatic rings. The maximum absolute atomic E-state index is 14.6. The van der Waals surface area contributed by atoms with Gasteiger partial charge in [0.25, 0.3) is 11.9 Å². The number of carboxylic acid groups (broad SMARTS) is 2. The zero-order chi connectivity index (χ0) is 64.2. The lowest BCUT2D eigenvalue weighted by Crippen LogP contribution is -2.65. The van der Waals surface area contributed by atoms with Crippen molar-refractivity contribution in [3.05, 3.63) is 29.8 Å². The van der Waals surface area contributed by atoms with Crippen LogP contribution in [0.1, 0.15) is 143 Å². The van der Waals surface area contributed by atoms with Crippen molar-refractivity contribution >= 4 is 53.3 Å². The van der Waals surface area contributed by atoms with Crippen molar-refractivity contribution < 1.29 is 94.2 Å². The molecule has 85 heavy (non-hydrogen) atoms. The molecule has 7 amide bonds. The Balaban J connectivity index is 0.00000289. The van der Waals surface area contributed by atoms with Gasteiger partial charge >= 0.3 is 0 Å². The van der Waals surface area contributed by atoms with Gasteiger partial charge in [0, 0.05) is 59.3 Å². The van der Waals surface area contributed by atoms with Crippen LogP contribution < -0.4 is 43.4 Å². The molecule has 3 heterocycles. The molecule has 0 spiro atoms. The quantitative estimate of drug-likeness (QED) is 0.0482. The number of aliphatic hydroxyl groups is 7. The highest BCUT2D eigenvalue weighted by molar-refractivity contribution is 5.98. The minimum absolute atomic E-state index is 0.0257. The van der Waals surface area contributed by atoms with Crippen LogP contribution in [0.15, 0.2) is 24.3 Å². The van der Waals surface area contributed by atoms with E-state index in [1.54, 1.807) is 0 Å². The van der Waals surface area contributed by atoms with Crippen molar-refractivity contribution in [1.82, 2.24) is 41.7 Å². The minimum Gasteiger partial charge on any atom is -0.508 e. The molecule has 0 radical (unpaired) electrons. The highest BCUT2D eigenvalue weighted by atomic mass is 16.4. The largest absolute Gasteiger partial charge is 0.508 e. The summed E-state index contributed by atoms with van der Waals surface area (Å²) in [7, 11) is 0. The van der Waals surface area contributed by atoms with Gasteiger partial charge in [0.1, 0.15) is 60.4 Å². The second-order valence-electron chi connectivity index (χ2n) is 22.3. The number of aromatic hydroxyl groups is 1. The molecule has 0 aromatic heterocycles. The number of rotatable bonds is 23. The molecule has 0 saturated carbocycles. The average molecular weight is 1210 g/mol. The standard InChI is InChI=1S/C52H88N10O15.2C2H4O2/c1-5-28(2)24-29(3)12-10-8-6-7-9-11-13-39(69)56-34-26-38(68)46(55-22-21-54)60-50(75)43-37(67)19-23-61(43)52(77)41(36(66)18-20-53)58-49(74)42(45(71)44(70)31-14-16-32(64)17-15-31)59-48(73)35-25-33(65)27-62(35)51(76)40(30(4)63)57-47(34)72;2*1-2(3)4/h14-17,28-30,33-38,40-46,55,63-68,70-71H,5-13,18-27,53-54H2,1-4H3,(H,56,69)(H,57,72)(H,58,74)(H,59,73)(H,60,75);2*1H3,(H,3,4)/t28-,29+,30+,33+,34-,35-,36+,37-,38+,40-,41-,42-,43-,44-,45-,46+;;/m0../s1. The van der Waals surface area contributed by atoms with E-state index < -0.39 is 158 Å². The number of unbranched alkanes of at least 4 members (excludes halogenated alkanes) is 5. The van der Waals surface area contributed by atoms with Crippen LogP contribution in [0.5, 0.6) is 5.75 Å². The van der Waals surface area contributed by atoms with E-state index >= 15 is 0 Å². The molecule has 1 aromatic carbocycles. The Morgan fingerprint density at radius 3 is 1.82 bits per heavy atom. The van der Waals surface area contributed by atoms with Crippen LogP contribution >= 0.6 is 0 Å². The Bertz CT molecular complexity index is 2270. The van der Waals surface area contributed by atoms with Gasteiger partial charge in [0.05, 0.1) is 30.5 Å². The number of aliphatic carboxylic acids is 2. The SMILES string of the molecule is CC(=O)O.CC(=O)O.CC[C@H](C)C[C@H](C)CCCCCCCCC(=O)N[C@H]1C[C@@H](O)[C@H](NCCN)NC(=O)[C@@H]2[C@@H](O)CCN2C(=O)[C@H]([C@H](O)CCN)NC(=O)[C@H]([C@H](O)[C@@H](O)c2ccc(O)cc2)NC(=O)[C@@H]2C[C@@H](O)CN2C(=O)[C@H]([C@@H](C)O)NC1=O. The van der Waals surface area contributed by atoms with Crippen molar-refractivity contribution in [2.24, 2.45) is 23.3 Å². The predicted octanol–water partition coefficient (Wildman–Crippen LogP) is -3.13. The Hall–Kier alpha value is -6.15. The van der Waals surface area contributed by atoms with E-state index in [9.17, 15) is 74.4 Å². The average Bonchev–Trinajstić information content (AvgIpc) is 2.52. The second-order valence-corrected chi connectivity index (χ2v) is 22.3. The Morgan fingerprint density at radius 1 is 0.682 bits per heavy atom. The predicted molar refractivity (Wildman–Crippen MR) is 307 cm³/mol. The fourth-order valence-electron chi connectivity index (χ4n) is 10.2. The Morgan fingerprint density at radius 2 is 1.25 bits per heavy atom. The van der Waals surface area contributed by atoms with E-state index in [-0.39, 0.29) is 56.8 Å². The van der Waals surface area contributed by atoms with Gasteiger partial charge in [-0.05, 0) is 68.7 Å².